The molecule has 0 radical (unpaired) electrons. The SMILES string of the molecule is CCCCOc1ccc(-c2nc3ccc(N)cc3o2)cc1. The molecule has 0 amide bonds. The fourth-order valence-corrected chi connectivity index (χ4v) is 2.09. The van der Waals surface area contributed by atoms with Gasteiger partial charge in [0, 0.05) is 17.3 Å². The van der Waals surface area contributed by atoms with E-state index in [0.717, 1.165) is 36.3 Å². The maximum absolute atomic E-state index is 5.75. The average Bonchev–Trinajstić information content (AvgIpc) is 2.91. The zero-order valence-electron chi connectivity index (χ0n) is 12.0. The number of aromatic nitrogens is 1. The molecule has 0 fully saturated rings. The van der Waals surface area contributed by atoms with Gasteiger partial charge >= 0.3 is 0 Å². The predicted octanol–water partition coefficient (Wildman–Crippen LogP) is 4.26. The highest BCUT2D eigenvalue weighted by molar-refractivity contribution is 5.79. The summed E-state index contributed by atoms with van der Waals surface area (Å²) >= 11 is 0. The lowest BCUT2D eigenvalue weighted by atomic mass is 10.2. The van der Waals surface area contributed by atoms with Crippen molar-refractivity contribution in [3.63, 3.8) is 0 Å². The maximum atomic E-state index is 5.75. The minimum Gasteiger partial charge on any atom is -0.494 e. The van der Waals surface area contributed by atoms with Crippen LogP contribution in [-0.4, -0.2) is 11.6 Å². The van der Waals surface area contributed by atoms with Crippen LogP contribution in [0.4, 0.5) is 5.69 Å². The Morgan fingerprint density at radius 1 is 1.14 bits per heavy atom. The van der Waals surface area contributed by atoms with Crippen LogP contribution < -0.4 is 10.5 Å². The number of hydrogen-bond acceptors (Lipinski definition) is 4. The van der Waals surface area contributed by atoms with Crippen LogP contribution in [0, 0.1) is 0 Å². The zero-order chi connectivity index (χ0) is 14.7. The van der Waals surface area contributed by atoms with Crippen molar-refractivity contribution in [1.29, 1.82) is 0 Å². The molecule has 3 rings (SSSR count). The number of benzene rings is 2. The molecule has 0 spiro atoms. The summed E-state index contributed by atoms with van der Waals surface area (Å²) in [7, 11) is 0. The van der Waals surface area contributed by atoms with Gasteiger partial charge in [0.2, 0.25) is 5.89 Å². The van der Waals surface area contributed by atoms with Gasteiger partial charge in [-0.1, -0.05) is 13.3 Å². The maximum Gasteiger partial charge on any atom is 0.227 e. The Morgan fingerprint density at radius 2 is 1.95 bits per heavy atom. The van der Waals surface area contributed by atoms with Crippen molar-refractivity contribution in [2.75, 3.05) is 12.3 Å². The zero-order valence-corrected chi connectivity index (χ0v) is 12.0. The number of unbranched alkanes of at least 4 members (excludes halogenated alkanes) is 1. The molecule has 0 unspecified atom stereocenters. The van der Waals surface area contributed by atoms with E-state index >= 15 is 0 Å². The summed E-state index contributed by atoms with van der Waals surface area (Å²) in [5.74, 6) is 1.46. The molecule has 1 aromatic heterocycles. The van der Waals surface area contributed by atoms with E-state index in [9.17, 15) is 0 Å². The largest absolute Gasteiger partial charge is 0.494 e. The van der Waals surface area contributed by atoms with Gasteiger partial charge in [-0.05, 0) is 42.8 Å². The highest BCUT2D eigenvalue weighted by atomic mass is 16.5. The second kappa shape index (κ2) is 5.87. The fraction of sp³-hybridized carbons (Fsp3) is 0.235. The number of anilines is 1. The Morgan fingerprint density at radius 3 is 2.71 bits per heavy atom. The number of nitrogens with two attached hydrogens (primary N) is 1. The first-order valence-electron chi connectivity index (χ1n) is 7.15. The number of oxazole rings is 1. The Bertz CT molecular complexity index is 732. The second-order valence-electron chi connectivity index (χ2n) is 4.97. The van der Waals surface area contributed by atoms with E-state index in [-0.39, 0.29) is 0 Å². The Balaban J connectivity index is 1.81. The number of rotatable bonds is 5. The minimum absolute atomic E-state index is 0.593. The summed E-state index contributed by atoms with van der Waals surface area (Å²) in [6.45, 7) is 2.89. The van der Waals surface area contributed by atoms with E-state index in [2.05, 4.69) is 11.9 Å². The quantitative estimate of drug-likeness (QED) is 0.561. The molecule has 3 aromatic rings. The standard InChI is InChI=1S/C17H18N2O2/c1-2-3-10-20-14-7-4-12(5-8-14)17-19-15-9-6-13(18)11-16(15)21-17/h4-9,11H,2-3,10,18H2,1H3. The van der Waals surface area contributed by atoms with Gasteiger partial charge in [-0.3, -0.25) is 0 Å². The van der Waals surface area contributed by atoms with Crippen molar-refractivity contribution in [3.8, 4) is 17.2 Å². The third kappa shape index (κ3) is 2.99. The van der Waals surface area contributed by atoms with E-state index < -0.39 is 0 Å². The summed E-state index contributed by atoms with van der Waals surface area (Å²) in [6.07, 6.45) is 2.19. The number of nitrogens with zero attached hydrogens (tertiary/aromatic N) is 1. The molecule has 2 N–H and O–H groups in total. The molecule has 1 heterocycles. The van der Waals surface area contributed by atoms with Crippen LogP contribution in [0.25, 0.3) is 22.6 Å². The van der Waals surface area contributed by atoms with Crippen molar-refractivity contribution in [2.24, 2.45) is 0 Å². The normalized spacial score (nSPS) is 10.9. The first-order chi connectivity index (χ1) is 10.3. The molecule has 4 heteroatoms. The molecular formula is C17H18N2O2. The van der Waals surface area contributed by atoms with E-state index in [1.165, 1.54) is 0 Å². The monoisotopic (exact) mass is 282 g/mol. The van der Waals surface area contributed by atoms with Gasteiger partial charge < -0.3 is 14.9 Å². The Hall–Kier alpha value is -2.49. The van der Waals surface area contributed by atoms with Crippen LogP contribution in [0.1, 0.15) is 19.8 Å². The summed E-state index contributed by atoms with van der Waals surface area (Å²) in [5, 5.41) is 0. The minimum atomic E-state index is 0.593. The van der Waals surface area contributed by atoms with Crippen LogP contribution in [0.3, 0.4) is 0 Å². The fourth-order valence-electron chi connectivity index (χ4n) is 2.09. The van der Waals surface area contributed by atoms with Crippen LogP contribution in [-0.2, 0) is 0 Å². The first kappa shape index (κ1) is 13.5. The van der Waals surface area contributed by atoms with Crippen molar-refractivity contribution >= 4 is 16.8 Å². The van der Waals surface area contributed by atoms with E-state index in [1.807, 2.05) is 36.4 Å². The highest BCUT2D eigenvalue weighted by Crippen LogP contribution is 2.26. The van der Waals surface area contributed by atoms with E-state index in [4.69, 9.17) is 14.9 Å². The molecule has 0 atom stereocenters. The average molecular weight is 282 g/mol. The van der Waals surface area contributed by atoms with Gasteiger partial charge in [0.15, 0.2) is 5.58 Å². The second-order valence-corrected chi connectivity index (χ2v) is 4.97. The number of ether oxygens (including phenoxy) is 1. The van der Waals surface area contributed by atoms with Gasteiger partial charge in [0.05, 0.1) is 6.61 Å². The molecule has 0 saturated heterocycles. The predicted molar refractivity (Wildman–Crippen MR) is 84.3 cm³/mol. The van der Waals surface area contributed by atoms with Gasteiger partial charge in [-0.2, -0.15) is 0 Å². The molecule has 0 saturated carbocycles. The summed E-state index contributed by atoms with van der Waals surface area (Å²) < 4.78 is 11.4. The van der Waals surface area contributed by atoms with Crippen LogP contribution in [0.2, 0.25) is 0 Å². The van der Waals surface area contributed by atoms with Crippen molar-refractivity contribution in [1.82, 2.24) is 4.98 Å². The molecule has 0 aliphatic heterocycles. The van der Waals surface area contributed by atoms with Crippen molar-refractivity contribution < 1.29 is 9.15 Å². The lowest BCUT2D eigenvalue weighted by Gasteiger charge is -2.05. The Labute approximate surface area is 123 Å². The van der Waals surface area contributed by atoms with Crippen LogP contribution >= 0.6 is 0 Å². The molecule has 0 aliphatic rings. The number of fused-ring (bicyclic) bond motifs is 1. The third-order valence-corrected chi connectivity index (χ3v) is 3.28. The summed E-state index contributed by atoms with van der Waals surface area (Å²) in [6, 6.07) is 13.3. The topological polar surface area (TPSA) is 61.3 Å². The lowest BCUT2D eigenvalue weighted by Crippen LogP contribution is -1.95. The highest BCUT2D eigenvalue weighted by Gasteiger charge is 2.08. The van der Waals surface area contributed by atoms with Gasteiger partial charge in [0.25, 0.3) is 0 Å². The molecule has 0 aliphatic carbocycles. The lowest BCUT2D eigenvalue weighted by molar-refractivity contribution is 0.309. The third-order valence-electron chi connectivity index (χ3n) is 3.28. The smallest absolute Gasteiger partial charge is 0.227 e. The number of hydrogen-bond donors (Lipinski definition) is 1. The van der Waals surface area contributed by atoms with Crippen LogP contribution in [0.15, 0.2) is 46.9 Å². The van der Waals surface area contributed by atoms with Crippen molar-refractivity contribution in [2.45, 2.75) is 19.8 Å². The Kier molecular flexibility index (Phi) is 3.77. The molecule has 2 aromatic carbocycles. The number of nitrogen functional groups attached to an aromatic ring is 1. The van der Waals surface area contributed by atoms with Crippen molar-refractivity contribution in [3.05, 3.63) is 42.5 Å². The summed E-state index contributed by atoms with van der Waals surface area (Å²) in [4.78, 5) is 4.47. The molecular weight excluding hydrogens is 264 g/mol. The summed E-state index contributed by atoms with van der Waals surface area (Å²) in [5.41, 5.74) is 8.85. The molecule has 0 bridgehead atoms. The van der Waals surface area contributed by atoms with Gasteiger partial charge in [-0.25, -0.2) is 4.98 Å². The molecule has 108 valence electrons. The van der Waals surface area contributed by atoms with Crippen LogP contribution in [0.5, 0.6) is 5.75 Å². The van der Waals surface area contributed by atoms with Gasteiger partial charge in [-0.15, -0.1) is 0 Å². The first-order valence-corrected chi connectivity index (χ1v) is 7.15. The molecule has 21 heavy (non-hydrogen) atoms. The van der Waals surface area contributed by atoms with E-state index in [1.54, 1.807) is 6.07 Å². The van der Waals surface area contributed by atoms with E-state index in [0.29, 0.717) is 17.2 Å². The molecule has 4 nitrogen and oxygen atoms in total. The van der Waals surface area contributed by atoms with Gasteiger partial charge in [0.1, 0.15) is 11.3 Å².